The molecule has 19 heavy (non-hydrogen) atoms. The molecule has 0 aliphatic carbocycles. The number of halogens is 2. The quantitative estimate of drug-likeness (QED) is 0.828. The SMILES string of the molecule is CNCCCc1nc(Cc2ccc(F)cc2Cl)no1. The van der Waals surface area contributed by atoms with Gasteiger partial charge in [-0.2, -0.15) is 4.98 Å². The highest BCUT2D eigenvalue weighted by Crippen LogP contribution is 2.19. The van der Waals surface area contributed by atoms with Crippen molar-refractivity contribution in [1.29, 1.82) is 0 Å². The summed E-state index contributed by atoms with van der Waals surface area (Å²) in [6.45, 7) is 0.904. The minimum absolute atomic E-state index is 0.352. The predicted molar refractivity (Wildman–Crippen MR) is 70.8 cm³/mol. The molecule has 4 nitrogen and oxygen atoms in total. The molecule has 0 atom stereocenters. The van der Waals surface area contributed by atoms with Gasteiger partial charge in [0.05, 0.1) is 0 Å². The van der Waals surface area contributed by atoms with Crippen LogP contribution in [-0.4, -0.2) is 23.7 Å². The second-order valence-corrected chi connectivity index (χ2v) is 4.63. The number of benzene rings is 1. The highest BCUT2D eigenvalue weighted by molar-refractivity contribution is 6.31. The normalized spacial score (nSPS) is 10.9. The van der Waals surface area contributed by atoms with Crippen molar-refractivity contribution in [3.05, 3.63) is 46.3 Å². The molecule has 1 aromatic carbocycles. The number of rotatable bonds is 6. The van der Waals surface area contributed by atoms with Crippen molar-refractivity contribution in [3.8, 4) is 0 Å². The maximum atomic E-state index is 12.9. The van der Waals surface area contributed by atoms with Gasteiger partial charge in [-0.15, -0.1) is 0 Å². The Morgan fingerprint density at radius 1 is 1.42 bits per heavy atom. The molecule has 102 valence electrons. The summed E-state index contributed by atoms with van der Waals surface area (Å²) in [4.78, 5) is 4.28. The summed E-state index contributed by atoms with van der Waals surface area (Å²) >= 11 is 5.95. The molecule has 0 saturated heterocycles. The number of aryl methyl sites for hydroxylation is 1. The van der Waals surface area contributed by atoms with Crippen LogP contribution >= 0.6 is 11.6 Å². The third-order valence-electron chi connectivity index (χ3n) is 2.69. The molecule has 6 heteroatoms. The molecule has 0 radical (unpaired) electrons. The smallest absolute Gasteiger partial charge is 0.226 e. The number of aromatic nitrogens is 2. The van der Waals surface area contributed by atoms with Gasteiger partial charge in [0.25, 0.3) is 0 Å². The van der Waals surface area contributed by atoms with Gasteiger partial charge < -0.3 is 9.84 Å². The summed E-state index contributed by atoms with van der Waals surface area (Å²) in [6.07, 6.45) is 2.12. The van der Waals surface area contributed by atoms with E-state index in [0.717, 1.165) is 24.9 Å². The van der Waals surface area contributed by atoms with Crippen molar-refractivity contribution >= 4 is 11.6 Å². The summed E-state index contributed by atoms with van der Waals surface area (Å²) in [7, 11) is 1.90. The third kappa shape index (κ3) is 4.01. The van der Waals surface area contributed by atoms with Gasteiger partial charge in [-0.05, 0) is 37.7 Å². The average molecular weight is 284 g/mol. The van der Waals surface area contributed by atoms with Gasteiger partial charge in [-0.25, -0.2) is 4.39 Å². The summed E-state index contributed by atoms with van der Waals surface area (Å²) in [5.41, 5.74) is 0.783. The van der Waals surface area contributed by atoms with Gasteiger partial charge in [-0.3, -0.25) is 0 Å². The van der Waals surface area contributed by atoms with Crippen molar-refractivity contribution in [2.24, 2.45) is 0 Å². The fourth-order valence-electron chi connectivity index (χ4n) is 1.72. The first kappa shape index (κ1) is 14.0. The molecule has 0 aliphatic rings. The van der Waals surface area contributed by atoms with Crippen molar-refractivity contribution in [2.75, 3.05) is 13.6 Å². The van der Waals surface area contributed by atoms with Crippen LogP contribution < -0.4 is 5.32 Å². The largest absolute Gasteiger partial charge is 0.339 e. The summed E-state index contributed by atoms with van der Waals surface area (Å²) in [5.74, 6) is 0.825. The van der Waals surface area contributed by atoms with Crippen LogP contribution in [0.15, 0.2) is 22.7 Å². The van der Waals surface area contributed by atoms with E-state index in [1.54, 1.807) is 6.07 Å². The van der Waals surface area contributed by atoms with Crippen LogP contribution in [0.4, 0.5) is 4.39 Å². The average Bonchev–Trinajstić information content (AvgIpc) is 2.81. The van der Waals surface area contributed by atoms with Crippen molar-refractivity contribution < 1.29 is 8.91 Å². The van der Waals surface area contributed by atoms with E-state index in [1.807, 2.05) is 7.05 Å². The van der Waals surface area contributed by atoms with E-state index in [0.29, 0.717) is 23.2 Å². The fraction of sp³-hybridized carbons (Fsp3) is 0.385. The molecule has 2 rings (SSSR count). The van der Waals surface area contributed by atoms with Crippen LogP contribution in [0, 0.1) is 5.82 Å². The lowest BCUT2D eigenvalue weighted by Crippen LogP contribution is -2.08. The van der Waals surface area contributed by atoms with Crippen LogP contribution in [-0.2, 0) is 12.8 Å². The predicted octanol–water partition coefficient (Wildman–Crippen LogP) is 2.60. The Bertz CT molecular complexity index is 544. The summed E-state index contributed by atoms with van der Waals surface area (Å²) < 4.78 is 18.1. The highest BCUT2D eigenvalue weighted by Gasteiger charge is 2.09. The molecule has 1 heterocycles. The van der Waals surface area contributed by atoms with Crippen LogP contribution in [0.1, 0.15) is 23.7 Å². The van der Waals surface area contributed by atoms with Crippen molar-refractivity contribution in [3.63, 3.8) is 0 Å². The minimum Gasteiger partial charge on any atom is -0.339 e. The maximum absolute atomic E-state index is 12.9. The zero-order valence-electron chi connectivity index (χ0n) is 10.6. The molecule has 0 amide bonds. The molecule has 0 spiro atoms. The fourth-order valence-corrected chi connectivity index (χ4v) is 1.95. The number of hydrogen-bond acceptors (Lipinski definition) is 4. The van der Waals surface area contributed by atoms with Gasteiger partial charge in [0.15, 0.2) is 5.82 Å². The molecule has 0 aliphatic heterocycles. The van der Waals surface area contributed by atoms with Crippen LogP contribution in [0.2, 0.25) is 5.02 Å². The van der Waals surface area contributed by atoms with Gasteiger partial charge in [0.1, 0.15) is 5.82 Å². The Morgan fingerprint density at radius 2 is 2.26 bits per heavy atom. The molecule has 1 N–H and O–H groups in total. The van der Waals surface area contributed by atoms with E-state index in [1.165, 1.54) is 12.1 Å². The monoisotopic (exact) mass is 283 g/mol. The number of hydrogen-bond donors (Lipinski definition) is 1. The van der Waals surface area contributed by atoms with Gasteiger partial charge in [-0.1, -0.05) is 22.8 Å². The molecule has 2 aromatic rings. The second kappa shape index (κ2) is 6.63. The third-order valence-corrected chi connectivity index (χ3v) is 3.04. The van der Waals surface area contributed by atoms with Crippen molar-refractivity contribution in [1.82, 2.24) is 15.5 Å². The molecule has 0 bridgehead atoms. The van der Waals surface area contributed by atoms with Gasteiger partial charge in [0, 0.05) is 17.9 Å². The van der Waals surface area contributed by atoms with E-state index < -0.39 is 0 Å². The lowest BCUT2D eigenvalue weighted by atomic mass is 10.1. The first-order chi connectivity index (χ1) is 9.19. The first-order valence-corrected chi connectivity index (χ1v) is 6.47. The second-order valence-electron chi connectivity index (χ2n) is 4.22. The van der Waals surface area contributed by atoms with Gasteiger partial charge >= 0.3 is 0 Å². The standard InChI is InChI=1S/C13H15ClFN3O/c1-16-6-2-3-13-17-12(18-19-13)7-9-4-5-10(15)8-11(9)14/h4-5,8,16H,2-3,6-7H2,1H3. The Labute approximate surface area is 116 Å². The molecule has 0 fully saturated rings. The molecule has 1 aromatic heterocycles. The molecule has 0 saturated carbocycles. The Kier molecular flexibility index (Phi) is 4.87. The molecular formula is C13H15ClFN3O. The zero-order valence-corrected chi connectivity index (χ0v) is 11.4. The first-order valence-electron chi connectivity index (χ1n) is 6.09. The van der Waals surface area contributed by atoms with Crippen LogP contribution in [0.5, 0.6) is 0 Å². The van der Waals surface area contributed by atoms with E-state index in [9.17, 15) is 4.39 Å². The maximum Gasteiger partial charge on any atom is 0.226 e. The van der Waals surface area contributed by atoms with E-state index in [-0.39, 0.29) is 5.82 Å². The van der Waals surface area contributed by atoms with E-state index in [2.05, 4.69) is 15.5 Å². The van der Waals surface area contributed by atoms with Crippen LogP contribution in [0.25, 0.3) is 0 Å². The summed E-state index contributed by atoms with van der Waals surface area (Å²) in [5, 5.41) is 7.33. The lowest BCUT2D eigenvalue weighted by molar-refractivity contribution is 0.370. The summed E-state index contributed by atoms with van der Waals surface area (Å²) in [6, 6.07) is 4.29. The highest BCUT2D eigenvalue weighted by atomic mass is 35.5. The number of nitrogens with zero attached hydrogens (tertiary/aromatic N) is 2. The van der Waals surface area contributed by atoms with E-state index >= 15 is 0 Å². The zero-order chi connectivity index (χ0) is 13.7. The van der Waals surface area contributed by atoms with Gasteiger partial charge in [0.2, 0.25) is 5.89 Å². The minimum atomic E-state index is -0.352. The topological polar surface area (TPSA) is 51.0 Å². The molecule has 0 unspecified atom stereocenters. The Morgan fingerprint density at radius 3 is 3.00 bits per heavy atom. The Balaban J connectivity index is 1.99. The lowest BCUT2D eigenvalue weighted by Gasteiger charge is -2.00. The van der Waals surface area contributed by atoms with Crippen molar-refractivity contribution in [2.45, 2.75) is 19.3 Å². The van der Waals surface area contributed by atoms with E-state index in [4.69, 9.17) is 16.1 Å². The number of nitrogens with one attached hydrogen (secondary N) is 1. The molecular weight excluding hydrogens is 269 g/mol. The van der Waals surface area contributed by atoms with Crippen LogP contribution in [0.3, 0.4) is 0 Å². The Hall–Kier alpha value is -1.46.